The summed E-state index contributed by atoms with van der Waals surface area (Å²) in [6.07, 6.45) is 3.35. The molecule has 2 heterocycles. The molecule has 19 heavy (non-hydrogen) atoms. The zero-order chi connectivity index (χ0) is 13.5. The Hall–Kier alpha value is -1.49. The maximum absolute atomic E-state index is 12.2. The first-order chi connectivity index (χ1) is 9.29. The van der Waals surface area contributed by atoms with Crippen LogP contribution in [0.2, 0.25) is 0 Å². The molecule has 1 aromatic rings. The highest BCUT2D eigenvalue weighted by molar-refractivity contribution is 5.78. The van der Waals surface area contributed by atoms with E-state index in [1.807, 2.05) is 18.2 Å². The van der Waals surface area contributed by atoms with Crippen molar-refractivity contribution in [3.8, 4) is 0 Å². The molecule has 0 bridgehead atoms. The first kappa shape index (κ1) is 13.9. The third-order valence-corrected chi connectivity index (χ3v) is 3.53. The molecule has 0 unspecified atom stereocenters. The summed E-state index contributed by atoms with van der Waals surface area (Å²) in [5.74, 6) is 0.144. The van der Waals surface area contributed by atoms with E-state index < -0.39 is 0 Å². The second kappa shape index (κ2) is 7.19. The molecule has 1 N–H and O–H groups in total. The van der Waals surface area contributed by atoms with Gasteiger partial charge in [0, 0.05) is 18.7 Å². The Bertz CT molecular complexity index is 391. The average molecular weight is 265 g/mol. The smallest absolute Gasteiger partial charge is 0.223 e. The Morgan fingerprint density at radius 1 is 1.42 bits per heavy atom. The van der Waals surface area contributed by atoms with Gasteiger partial charge >= 0.3 is 0 Å². The predicted octanol–water partition coefficient (Wildman–Crippen LogP) is 1.38. The molecule has 0 radical (unpaired) electrons. The van der Waals surface area contributed by atoms with Crippen LogP contribution in [0.15, 0.2) is 24.4 Å². The first-order valence-electron chi connectivity index (χ1n) is 6.75. The van der Waals surface area contributed by atoms with E-state index in [9.17, 15) is 9.18 Å². The number of carbonyl (C=O) groups is 1. The molecule has 1 saturated heterocycles. The van der Waals surface area contributed by atoms with Crippen LogP contribution in [0, 0.1) is 5.92 Å². The number of piperidine rings is 1. The predicted molar refractivity (Wildman–Crippen MR) is 71.2 cm³/mol. The van der Waals surface area contributed by atoms with Gasteiger partial charge in [-0.1, -0.05) is 6.07 Å². The lowest BCUT2D eigenvalue weighted by molar-refractivity contribution is -0.126. The van der Waals surface area contributed by atoms with Crippen LogP contribution in [-0.2, 0) is 11.3 Å². The normalized spacial score (nSPS) is 17.3. The van der Waals surface area contributed by atoms with Gasteiger partial charge in [-0.05, 0) is 38.1 Å². The van der Waals surface area contributed by atoms with Crippen molar-refractivity contribution in [1.82, 2.24) is 15.2 Å². The number of rotatable bonds is 5. The Morgan fingerprint density at radius 3 is 2.84 bits per heavy atom. The molecule has 0 spiro atoms. The minimum Gasteiger partial charge on any atom is -0.350 e. The molecule has 2 rings (SSSR count). The average Bonchev–Trinajstić information content (AvgIpc) is 2.47. The maximum Gasteiger partial charge on any atom is 0.223 e. The van der Waals surface area contributed by atoms with Crippen molar-refractivity contribution in [3.63, 3.8) is 0 Å². The standard InChI is InChI=1S/C14H20FN3O/c15-6-10-18-8-4-12(5-9-18)14(19)17-11-13-3-1-2-7-16-13/h1-3,7,12H,4-6,8-11H2,(H,17,19). The van der Waals surface area contributed by atoms with E-state index in [-0.39, 0.29) is 18.5 Å². The largest absolute Gasteiger partial charge is 0.350 e. The molecule has 1 amide bonds. The maximum atomic E-state index is 12.2. The SMILES string of the molecule is O=C(NCc1ccccn1)C1CCN(CCF)CC1. The first-order valence-corrected chi connectivity index (χ1v) is 6.75. The highest BCUT2D eigenvalue weighted by atomic mass is 19.1. The van der Waals surface area contributed by atoms with E-state index in [4.69, 9.17) is 0 Å². The van der Waals surface area contributed by atoms with Crippen LogP contribution in [0.5, 0.6) is 0 Å². The van der Waals surface area contributed by atoms with Crippen LogP contribution in [-0.4, -0.2) is 42.1 Å². The van der Waals surface area contributed by atoms with E-state index in [0.717, 1.165) is 31.6 Å². The number of carbonyl (C=O) groups excluding carboxylic acids is 1. The van der Waals surface area contributed by atoms with Gasteiger partial charge in [0.15, 0.2) is 0 Å². The molecule has 0 saturated carbocycles. The van der Waals surface area contributed by atoms with Gasteiger partial charge in [0.05, 0.1) is 12.2 Å². The fourth-order valence-corrected chi connectivity index (χ4v) is 2.36. The molecule has 1 fully saturated rings. The van der Waals surface area contributed by atoms with Crippen LogP contribution < -0.4 is 5.32 Å². The number of aromatic nitrogens is 1. The molecular weight excluding hydrogens is 245 g/mol. The summed E-state index contributed by atoms with van der Waals surface area (Å²) in [7, 11) is 0. The van der Waals surface area contributed by atoms with Crippen molar-refractivity contribution in [1.29, 1.82) is 0 Å². The van der Waals surface area contributed by atoms with Crippen LogP contribution in [0.4, 0.5) is 4.39 Å². The van der Waals surface area contributed by atoms with E-state index in [1.165, 1.54) is 0 Å². The molecule has 4 nitrogen and oxygen atoms in total. The number of likely N-dealkylation sites (tertiary alicyclic amines) is 1. The Morgan fingerprint density at radius 2 is 2.21 bits per heavy atom. The molecule has 0 aromatic carbocycles. The van der Waals surface area contributed by atoms with Crippen LogP contribution >= 0.6 is 0 Å². The summed E-state index contributed by atoms with van der Waals surface area (Å²) in [6, 6.07) is 5.65. The van der Waals surface area contributed by atoms with Gasteiger partial charge in [-0.3, -0.25) is 9.78 Å². The third kappa shape index (κ3) is 4.28. The zero-order valence-corrected chi connectivity index (χ0v) is 11.0. The fourth-order valence-electron chi connectivity index (χ4n) is 2.36. The van der Waals surface area contributed by atoms with Gasteiger partial charge in [0.2, 0.25) is 5.91 Å². The van der Waals surface area contributed by atoms with Crippen molar-refractivity contribution < 1.29 is 9.18 Å². The Kier molecular flexibility index (Phi) is 5.27. The summed E-state index contributed by atoms with van der Waals surface area (Å²) in [5, 5.41) is 2.92. The number of hydrogen-bond acceptors (Lipinski definition) is 3. The van der Waals surface area contributed by atoms with E-state index in [2.05, 4.69) is 15.2 Å². The topological polar surface area (TPSA) is 45.2 Å². The van der Waals surface area contributed by atoms with Crippen molar-refractivity contribution in [2.75, 3.05) is 26.3 Å². The van der Waals surface area contributed by atoms with Crippen molar-refractivity contribution in [2.24, 2.45) is 5.92 Å². The van der Waals surface area contributed by atoms with Crippen molar-refractivity contribution in [2.45, 2.75) is 19.4 Å². The van der Waals surface area contributed by atoms with Crippen LogP contribution in [0.1, 0.15) is 18.5 Å². The second-order valence-corrected chi connectivity index (χ2v) is 4.84. The zero-order valence-electron chi connectivity index (χ0n) is 11.0. The van der Waals surface area contributed by atoms with Gasteiger partial charge in [-0.15, -0.1) is 0 Å². The molecule has 1 aliphatic heterocycles. The van der Waals surface area contributed by atoms with Gasteiger partial charge in [-0.25, -0.2) is 4.39 Å². The number of alkyl halides is 1. The van der Waals surface area contributed by atoms with Gasteiger partial charge in [0.1, 0.15) is 6.67 Å². The van der Waals surface area contributed by atoms with Crippen LogP contribution in [0.3, 0.4) is 0 Å². The molecule has 0 atom stereocenters. The third-order valence-electron chi connectivity index (χ3n) is 3.53. The molecule has 0 aliphatic carbocycles. The number of halogens is 1. The molecule has 104 valence electrons. The fraction of sp³-hybridized carbons (Fsp3) is 0.571. The minimum absolute atomic E-state index is 0.0552. The molecule has 1 aliphatic rings. The molecule has 5 heteroatoms. The highest BCUT2D eigenvalue weighted by Crippen LogP contribution is 2.17. The summed E-state index contributed by atoms with van der Waals surface area (Å²) in [6.45, 7) is 2.28. The highest BCUT2D eigenvalue weighted by Gasteiger charge is 2.24. The minimum atomic E-state index is -0.309. The number of pyridine rings is 1. The summed E-state index contributed by atoms with van der Waals surface area (Å²) < 4.78 is 12.2. The summed E-state index contributed by atoms with van der Waals surface area (Å²) in [4.78, 5) is 18.2. The quantitative estimate of drug-likeness (QED) is 0.875. The van der Waals surface area contributed by atoms with E-state index >= 15 is 0 Å². The molecule has 1 aromatic heterocycles. The van der Waals surface area contributed by atoms with Gasteiger partial charge < -0.3 is 10.2 Å². The number of hydrogen-bond donors (Lipinski definition) is 1. The van der Waals surface area contributed by atoms with E-state index in [1.54, 1.807) is 6.20 Å². The van der Waals surface area contributed by atoms with Crippen molar-refractivity contribution >= 4 is 5.91 Å². The van der Waals surface area contributed by atoms with E-state index in [0.29, 0.717) is 13.1 Å². The van der Waals surface area contributed by atoms with Crippen LogP contribution in [0.25, 0.3) is 0 Å². The Labute approximate surface area is 113 Å². The number of amides is 1. The second-order valence-electron chi connectivity index (χ2n) is 4.84. The summed E-state index contributed by atoms with van der Waals surface area (Å²) in [5.41, 5.74) is 0.866. The number of nitrogens with zero attached hydrogens (tertiary/aromatic N) is 2. The van der Waals surface area contributed by atoms with Crippen molar-refractivity contribution in [3.05, 3.63) is 30.1 Å². The van der Waals surface area contributed by atoms with Gasteiger partial charge in [0.25, 0.3) is 0 Å². The Balaban J connectivity index is 1.73. The lowest BCUT2D eigenvalue weighted by Crippen LogP contribution is -2.41. The summed E-state index contributed by atoms with van der Waals surface area (Å²) >= 11 is 0. The van der Waals surface area contributed by atoms with Gasteiger partial charge in [-0.2, -0.15) is 0 Å². The lowest BCUT2D eigenvalue weighted by Gasteiger charge is -2.30. The molecular formula is C14H20FN3O. The number of nitrogens with one attached hydrogen (secondary N) is 1. The lowest BCUT2D eigenvalue weighted by atomic mass is 9.96. The monoisotopic (exact) mass is 265 g/mol.